The van der Waals surface area contributed by atoms with Crippen molar-refractivity contribution in [1.82, 2.24) is 0 Å². The summed E-state index contributed by atoms with van der Waals surface area (Å²) in [6.07, 6.45) is 121. The topological polar surface area (TPSA) is 72.8 Å². The lowest BCUT2D eigenvalue weighted by Crippen LogP contribution is -2.28. The molecule has 0 aliphatic heterocycles. The van der Waals surface area contributed by atoms with Crippen LogP contribution in [0.5, 0.6) is 0 Å². The summed E-state index contributed by atoms with van der Waals surface area (Å²) in [4.78, 5) is 24.7. The van der Waals surface area contributed by atoms with Crippen molar-refractivity contribution >= 4 is 11.9 Å². The smallest absolute Gasteiger partial charge is 0.306 e. The second-order valence-electron chi connectivity index (χ2n) is 24.6. The molecule has 0 aliphatic carbocycles. The van der Waals surface area contributed by atoms with Gasteiger partial charge in [-0.3, -0.25) is 9.59 Å². The molecule has 0 spiro atoms. The van der Waals surface area contributed by atoms with Gasteiger partial charge in [-0.1, -0.05) is 364 Å². The van der Waals surface area contributed by atoms with Crippen molar-refractivity contribution < 1.29 is 24.2 Å². The Morgan fingerprint density at radius 3 is 0.667 bits per heavy atom. The minimum Gasteiger partial charge on any atom is -0.462 e. The molecule has 0 aromatic heterocycles. The summed E-state index contributed by atoms with van der Waals surface area (Å²) in [5.41, 5.74) is 0. The maximum absolute atomic E-state index is 12.4. The average molecular weight is 1240 g/mol. The second kappa shape index (κ2) is 78.5. The van der Waals surface area contributed by atoms with Gasteiger partial charge in [0.15, 0.2) is 6.10 Å². The van der Waals surface area contributed by atoms with Crippen LogP contribution in [-0.4, -0.2) is 36.4 Å². The second-order valence-corrected chi connectivity index (χ2v) is 24.6. The number of carbonyl (C=O) groups excluding carboxylic acids is 2. The molecule has 5 heteroatoms. The Morgan fingerprint density at radius 2 is 0.444 bits per heavy atom. The van der Waals surface area contributed by atoms with Gasteiger partial charge in [0, 0.05) is 12.8 Å². The van der Waals surface area contributed by atoms with Gasteiger partial charge in [0.1, 0.15) is 6.61 Å². The van der Waals surface area contributed by atoms with E-state index in [-0.39, 0.29) is 25.2 Å². The number of allylic oxidation sites excluding steroid dienone is 28. The number of aliphatic hydroxyl groups excluding tert-OH is 1. The highest BCUT2D eigenvalue weighted by molar-refractivity contribution is 5.70. The van der Waals surface area contributed by atoms with Crippen LogP contribution >= 0.6 is 0 Å². The molecule has 1 N–H and O–H groups in total. The fourth-order valence-electron chi connectivity index (χ4n) is 10.5. The number of hydrogen-bond acceptors (Lipinski definition) is 5. The van der Waals surface area contributed by atoms with Crippen molar-refractivity contribution in [3.63, 3.8) is 0 Å². The van der Waals surface area contributed by atoms with Gasteiger partial charge in [-0.25, -0.2) is 0 Å². The van der Waals surface area contributed by atoms with Crippen LogP contribution in [0.2, 0.25) is 0 Å². The van der Waals surface area contributed by atoms with Gasteiger partial charge in [0.2, 0.25) is 0 Å². The minimum atomic E-state index is -0.792. The number of rotatable bonds is 68. The van der Waals surface area contributed by atoms with Crippen LogP contribution in [0.25, 0.3) is 0 Å². The van der Waals surface area contributed by atoms with E-state index in [4.69, 9.17) is 9.47 Å². The van der Waals surface area contributed by atoms with E-state index < -0.39 is 6.10 Å². The van der Waals surface area contributed by atoms with Gasteiger partial charge in [0.25, 0.3) is 0 Å². The molecule has 510 valence electrons. The first-order valence-electron chi connectivity index (χ1n) is 37.7. The molecular formula is C85H140O5. The van der Waals surface area contributed by atoms with Crippen LogP contribution in [0.4, 0.5) is 0 Å². The molecule has 0 radical (unpaired) electrons. The number of unbranched alkanes of at least 4 members (excludes halogenated alkanes) is 32. The normalized spacial score (nSPS) is 13.2. The summed E-state index contributed by atoms with van der Waals surface area (Å²) in [5, 5.41) is 9.72. The number of hydrogen-bond donors (Lipinski definition) is 1. The Balaban J connectivity index is 3.51. The number of esters is 2. The summed E-state index contributed by atoms with van der Waals surface area (Å²) in [5.74, 6) is -0.605. The summed E-state index contributed by atoms with van der Waals surface area (Å²) in [6, 6.07) is 0. The first kappa shape index (κ1) is 85.3. The summed E-state index contributed by atoms with van der Waals surface area (Å²) in [6.45, 7) is 3.92. The maximum Gasteiger partial charge on any atom is 0.306 e. The maximum atomic E-state index is 12.4. The lowest BCUT2D eigenvalue weighted by atomic mass is 10.0. The number of carbonyl (C=O) groups is 2. The van der Waals surface area contributed by atoms with Gasteiger partial charge in [-0.15, -0.1) is 0 Å². The Morgan fingerprint density at radius 1 is 0.256 bits per heavy atom. The molecule has 0 saturated carbocycles. The van der Waals surface area contributed by atoms with Crippen molar-refractivity contribution in [2.24, 2.45) is 0 Å². The third-order valence-electron chi connectivity index (χ3n) is 16.0. The van der Waals surface area contributed by atoms with E-state index >= 15 is 0 Å². The molecule has 0 aromatic carbocycles. The van der Waals surface area contributed by atoms with E-state index in [0.29, 0.717) is 12.8 Å². The van der Waals surface area contributed by atoms with E-state index in [1.54, 1.807) is 0 Å². The van der Waals surface area contributed by atoms with Gasteiger partial charge in [0.05, 0.1) is 6.61 Å². The zero-order valence-corrected chi connectivity index (χ0v) is 58.6. The van der Waals surface area contributed by atoms with Gasteiger partial charge < -0.3 is 14.6 Å². The highest BCUT2D eigenvalue weighted by Gasteiger charge is 2.16. The Kier molecular flexibility index (Phi) is 74.4. The van der Waals surface area contributed by atoms with Crippen LogP contribution in [0.3, 0.4) is 0 Å². The van der Waals surface area contributed by atoms with E-state index in [1.165, 1.54) is 173 Å². The average Bonchev–Trinajstić information content (AvgIpc) is 3.62. The molecule has 1 unspecified atom stereocenters. The molecule has 1 atom stereocenters. The molecule has 0 amide bonds. The molecule has 5 nitrogen and oxygen atoms in total. The summed E-state index contributed by atoms with van der Waals surface area (Å²) in [7, 11) is 0. The lowest BCUT2D eigenvalue weighted by molar-refractivity contribution is -0.161. The SMILES string of the molecule is CC/C=C\C/C=C\C/C=C\C/C=C\C/C=C\C/C=C\C/C=C\C/C=C\C/C=C\C/C=C\CCCCCCCCC(=O)OC(CO)COC(=O)CCCCCCCCCCCCCCCCCCCCCCCCCCCC/C=C\C/C=C\C/C=C\C/C=C\CC. The minimum absolute atomic E-state index is 0.0778. The van der Waals surface area contributed by atoms with Crippen molar-refractivity contribution in [1.29, 1.82) is 0 Å². The van der Waals surface area contributed by atoms with Gasteiger partial charge in [-0.2, -0.15) is 0 Å². The van der Waals surface area contributed by atoms with E-state index in [2.05, 4.69) is 184 Å². The standard InChI is InChI=1S/C85H140O5/c1-3-5-7-9-11-13-15-17-19-21-23-25-27-29-31-33-35-37-39-41-42-44-45-47-49-51-53-55-57-59-61-63-65-67-69-71-73-75-77-79-84(87)89-82-83(81-86)90-85(88)80-78-76-74-72-70-68-66-64-62-60-58-56-54-52-50-48-46-43-40-38-36-34-32-30-28-26-24-22-20-18-16-14-12-10-8-6-4-2/h5-8,11-14,17-20,23-26,30,32,36,38,43,46,50,52,56,58,62,64,83,86H,3-4,9-10,15-16,21-22,27-29,31,33-35,37,39-42,44-45,47-49,51,53-55,57,59-61,63,65-82H2,1-2H3/b7-5-,8-6-,13-11-,14-12-,19-17-,20-18-,25-23-,26-24-,32-30-,38-36-,46-43-,52-50-,58-56-,64-62-. The molecule has 0 bridgehead atoms. The summed E-state index contributed by atoms with van der Waals surface area (Å²) >= 11 is 0. The Hall–Kier alpha value is -4.74. The van der Waals surface area contributed by atoms with Gasteiger partial charge in [-0.05, 0) is 128 Å². The molecule has 0 heterocycles. The van der Waals surface area contributed by atoms with Crippen molar-refractivity contribution in [3.05, 3.63) is 170 Å². The molecule has 90 heavy (non-hydrogen) atoms. The number of ether oxygens (including phenoxy) is 2. The first-order valence-corrected chi connectivity index (χ1v) is 37.7. The van der Waals surface area contributed by atoms with Crippen molar-refractivity contribution in [2.75, 3.05) is 13.2 Å². The lowest BCUT2D eigenvalue weighted by Gasteiger charge is -2.15. The Labute approximate surface area is 557 Å². The third kappa shape index (κ3) is 75.7. The van der Waals surface area contributed by atoms with E-state index in [0.717, 1.165) is 135 Å². The quantitative estimate of drug-likeness (QED) is 0.0373. The zero-order valence-electron chi connectivity index (χ0n) is 58.6. The fraction of sp³-hybridized carbons (Fsp3) is 0.647. The summed E-state index contributed by atoms with van der Waals surface area (Å²) < 4.78 is 10.8. The van der Waals surface area contributed by atoms with Crippen molar-refractivity contribution in [2.45, 2.75) is 341 Å². The molecular weight excluding hydrogens is 1100 g/mol. The van der Waals surface area contributed by atoms with E-state index in [1.807, 2.05) is 0 Å². The van der Waals surface area contributed by atoms with Crippen LogP contribution in [0.1, 0.15) is 335 Å². The van der Waals surface area contributed by atoms with Crippen LogP contribution in [0, 0.1) is 0 Å². The van der Waals surface area contributed by atoms with Crippen LogP contribution in [-0.2, 0) is 19.1 Å². The predicted octanol–water partition coefficient (Wildman–Crippen LogP) is 26.8. The molecule has 0 rings (SSSR count). The fourth-order valence-corrected chi connectivity index (χ4v) is 10.5. The molecule has 0 aromatic rings. The predicted molar refractivity (Wildman–Crippen MR) is 398 cm³/mol. The monoisotopic (exact) mass is 1240 g/mol. The van der Waals surface area contributed by atoms with Crippen molar-refractivity contribution in [3.8, 4) is 0 Å². The zero-order chi connectivity index (χ0) is 64.7. The first-order chi connectivity index (χ1) is 44.6. The Bertz CT molecular complexity index is 1940. The van der Waals surface area contributed by atoms with E-state index in [9.17, 15) is 14.7 Å². The van der Waals surface area contributed by atoms with Gasteiger partial charge >= 0.3 is 11.9 Å². The third-order valence-corrected chi connectivity index (χ3v) is 16.0. The highest BCUT2D eigenvalue weighted by atomic mass is 16.6. The molecule has 0 saturated heterocycles. The molecule has 0 aliphatic rings. The van der Waals surface area contributed by atoms with Crippen LogP contribution in [0.15, 0.2) is 170 Å². The molecule has 0 fully saturated rings. The number of aliphatic hydroxyl groups is 1. The van der Waals surface area contributed by atoms with Crippen LogP contribution < -0.4 is 0 Å². The largest absolute Gasteiger partial charge is 0.462 e. The highest BCUT2D eigenvalue weighted by Crippen LogP contribution is 2.18.